The van der Waals surface area contributed by atoms with Gasteiger partial charge in [0.25, 0.3) is 0 Å². The summed E-state index contributed by atoms with van der Waals surface area (Å²) in [6.07, 6.45) is 4.43. The van der Waals surface area contributed by atoms with Crippen LogP contribution in [0.2, 0.25) is 0 Å². The summed E-state index contributed by atoms with van der Waals surface area (Å²) in [6, 6.07) is 0.593. The van der Waals surface area contributed by atoms with E-state index in [-0.39, 0.29) is 0 Å². The molecule has 0 amide bonds. The lowest BCUT2D eigenvalue weighted by Crippen LogP contribution is -2.45. The van der Waals surface area contributed by atoms with E-state index in [0.29, 0.717) is 12.6 Å². The Kier molecular flexibility index (Phi) is 3.78. The van der Waals surface area contributed by atoms with Crippen molar-refractivity contribution in [3.05, 3.63) is 11.1 Å². The molecule has 1 saturated heterocycles. The highest BCUT2D eigenvalue weighted by Gasteiger charge is 2.22. The number of rotatable bonds is 3. The van der Waals surface area contributed by atoms with Crippen LogP contribution in [0.4, 0.5) is 5.13 Å². The van der Waals surface area contributed by atoms with Gasteiger partial charge in [-0.3, -0.25) is 0 Å². The number of anilines is 1. The molecule has 90 valence electrons. The first-order valence-electron chi connectivity index (χ1n) is 5.77. The molecule has 0 radical (unpaired) electrons. The predicted molar refractivity (Wildman–Crippen MR) is 68.9 cm³/mol. The molecular weight excluding hydrogens is 220 g/mol. The molecule has 1 unspecified atom stereocenters. The van der Waals surface area contributed by atoms with Gasteiger partial charge in [0.05, 0.1) is 0 Å². The van der Waals surface area contributed by atoms with Crippen LogP contribution in [0, 0.1) is 0 Å². The summed E-state index contributed by atoms with van der Waals surface area (Å²) in [5.74, 6) is 0. The molecule has 5 heteroatoms. The molecule has 1 aromatic rings. The molecular formula is C11H20N4S. The zero-order valence-electron chi connectivity index (χ0n) is 10.0. The van der Waals surface area contributed by atoms with Gasteiger partial charge < -0.3 is 15.5 Å². The van der Waals surface area contributed by atoms with Gasteiger partial charge in [-0.1, -0.05) is 0 Å². The van der Waals surface area contributed by atoms with E-state index < -0.39 is 0 Å². The molecule has 1 atom stereocenters. The number of hydrogen-bond donors (Lipinski definition) is 1. The lowest BCUT2D eigenvalue weighted by Gasteiger charge is -2.35. The Bertz CT molecular complexity index is 338. The third kappa shape index (κ3) is 2.53. The van der Waals surface area contributed by atoms with Gasteiger partial charge in [-0.2, -0.15) is 0 Å². The van der Waals surface area contributed by atoms with Crippen molar-refractivity contribution in [2.24, 2.45) is 5.73 Å². The van der Waals surface area contributed by atoms with E-state index in [4.69, 9.17) is 5.73 Å². The topological polar surface area (TPSA) is 45.4 Å². The number of nitrogens with two attached hydrogens (primary N) is 1. The summed E-state index contributed by atoms with van der Waals surface area (Å²) in [7, 11) is 4.33. The Balaban J connectivity index is 2.02. The summed E-state index contributed by atoms with van der Waals surface area (Å²) in [5, 5.41) is 1.10. The van der Waals surface area contributed by atoms with E-state index in [1.54, 1.807) is 11.3 Å². The Hall–Kier alpha value is -0.650. The first-order valence-corrected chi connectivity index (χ1v) is 6.58. The van der Waals surface area contributed by atoms with Crippen LogP contribution in [0.1, 0.15) is 17.7 Å². The van der Waals surface area contributed by atoms with Crippen LogP contribution in [-0.2, 0) is 6.54 Å². The number of nitrogens with zero attached hydrogens (tertiary/aromatic N) is 3. The van der Waals surface area contributed by atoms with Crippen molar-refractivity contribution in [1.29, 1.82) is 0 Å². The Morgan fingerprint density at radius 1 is 1.69 bits per heavy atom. The molecule has 0 bridgehead atoms. The van der Waals surface area contributed by atoms with Crippen molar-refractivity contribution in [3.8, 4) is 0 Å². The SMILES string of the molecule is CN1CCCC(N(C)c2ncc(CN)s2)C1. The number of piperidine rings is 1. The lowest BCUT2D eigenvalue weighted by atomic mass is 10.1. The van der Waals surface area contributed by atoms with Gasteiger partial charge in [-0.25, -0.2) is 4.98 Å². The largest absolute Gasteiger partial charge is 0.347 e. The van der Waals surface area contributed by atoms with Gasteiger partial charge in [-0.05, 0) is 26.4 Å². The fraction of sp³-hybridized carbons (Fsp3) is 0.727. The third-order valence-electron chi connectivity index (χ3n) is 3.19. The molecule has 2 N–H and O–H groups in total. The van der Waals surface area contributed by atoms with Crippen molar-refractivity contribution >= 4 is 16.5 Å². The molecule has 1 aliphatic rings. The van der Waals surface area contributed by atoms with Crippen molar-refractivity contribution in [1.82, 2.24) is 9.88 Å². The van der Waals surface area contributed by atoms with Gasteiger partial charge in [0, 0.05) is 37.3 Å². The molecule has 1 fully saturated rings. The fourth-order valence-electron chi connectivity index (χ4n) is 2.17. The second-order valence-corrected chi connectivity index (χ2v) is 5.58. The normalized spacial score (nSPS) is 22.3. The second kappa shape index (κ2) is 5.12. The number of likely N-dealkylation sites (tertiary alicyclic amines) is 1. The maximum Gasteiger partial charge on any atom is 0.185 e. The maximum atomic E-state index is 5.61. The Morgan fingerprint density at radius 3 is 3.12 bits per heavy atom. The van der Waals surface area contributed by atoms with Gasteiger partial charge in [0.1, 0.15) is 0 Å². The molecule has 4 nitrogen and oxygen atoms in total. The first-order chi connectivity index (χ1) is 7.70. The summed E-state index contributed by atoms with van der Waals surface area (Å²) in [4.78, 5) is 10.3. The van der Waals surface area contributed by atoms with Crippen LogP contribution >= 0.6 is 11.3 Å². The van der Waals surface area contributed by atoms with Crippen molar-refractivity contribution in [3.63, 3.8) is 0 Å². The zero-order chi connectivity index (χ0) is 11.5. The molecule has 1 aromatic heterocycles. The highest BCUT2D eigenvalue weighted by molar-refractivity contribution is 7.15. The molecule has 0 aromatic carbocycles. The number of aromatic nitrogens is 1. The van der Waals surface area contributed by atoms with Crippen molar-refractivity contribution < 1.29 is 0 Å². The predicted octanol–water partition coefficient (Wildman–Crippen LogP) is 1.13. The minimum Gasteiger partial charge on any atom is -0.347 e. The number of hydrogen-bond acceptors (Lipinski definition) is 5. The van der Waals surface area contributed by atoms with Crippen LogP contribution in [0.5, 0.6) is 0 Å². The molecule has 2 rings (SSSR count). The third-order valence-corrected chi connectivity index (χ3v) is 4.30. The number of likely N-dealkylation sites (N-methyl/N-ethyl adjacent to an activating group) is 2. The highest BCUT2D eigenvalue weighted by atomic mass is 32.1. The van der Waals surface area contributed by atoms with Crippen LogP contribution in [0.25, 0.3) is 0 Å². The quantitative estimate of drug-likeness (QED) is 0.860. The van der Waals surface area contributed by atoms with E-state index in [0.717, 1.165) is 16.6 Å². The smallest absolute Gasteiger partial charge is 0.185 e. The van der Waals surface area contributed by atoms with Crippen LogP contribution in [0.15, 0.2) is 6.20 Å². The van der Waals surface area contributed by atoms with Crippen molar-refractivity contribution in [2.75, 3.05) is 32.1 Å². The average molecular weight is 240 g/mol. The Morgan fingerprint density at radius 2 is 2.50 bits per heavy atom. The van der Waals surface area contributed by atoms with Gasteiger partial charge in [0.15, 0.2) is 5.13 Å². The summed E-state index contributed by atoms with van der Waals surface area (Å²) >= 11 is 1.71. The first kappa shape index (κ1) is 11.8. The van der Waals surface area contributed by atoms with Crippen LogP contribution in [0.3, 0.4) is 0 Å². The van der Waals surface area contributed by atoms with Crippen LogP contribution in [-0.4, -0.2) is 43.1 Å². The van der Waals surface area contributed by atoms with Crippen molar-refractivity contribution in [2.45, 2.75) is 25.4 Å². The standard InChI is InChI=1S/C11H20N4S/c1-14-5-3-4-9(8-14)15(2)11-13-7-10(6-12)16-11/h7,9H,3-6,8,12H2,1-2H3. The van der Waals surface area contributed by atoms with Gasteiger partial charge in [-0.15, -0.1) is 11.3 Å². The van der Waals surface area contributed by atoms with E-state index in [1.807, 2.05) is 6.20 Å². The fourth-order valence-corrected chi connectivity index (χ4v) is 2.99. The average Bonchev–Trinajstić information content (AvgIpc) is 2.76. The summed E-state index contributed by atoms with van der Waals surface area (Å²) < 4.78 is 0. The lowest BCUT2D eigenvalue weighted by molar-refractivity contribution is 0.248. The molecule has 0 spiro atoms. The zero-order valence-corrected chi connectivity index (χ0v) is 10.8. The van der Waals surface area contributed by atoms with E-state index in [1.165, 1.54) is 19.4 Å². The minimum atomic E-state index is 0.593. The van der Waals surface area contributed by atoms with Gasteiger partial charge in [0.2, 0.25) is 0 Å². The van der Waals surface area contributed by atoms with Crippen LogP contribution < -0.4 is 10.6 Å². The highest BCUT2D eigenvalue weighted by Crippen LogP contribution is 2.25. The van der Waals surface area contributed by atoms with Gasteiger partial charge >= 0.3 is 0 Å². The summed E-state index contributed by atoms with van der Waals surface area (Å²) in [5.41, 5.74) is 5.61. The van der Waals surface area contributed by atoms with E-state index in [2.05, 4.69) is 28.9 Å². The number of thiazole rings is 1. The molecule has 16 heavy (non-hydrogen) atoms. The minimum absolute atomic E-state index is 0.593. The van der Waals surface area contributed by atoms with E-state index in [9.17, 15) is 0 Å². The molecule has 2 heterocycles. The second-order valence-electron chi connectivity index (χ2n) is 4.48. The monoisotopic (exact) mass is 240 g/mol. The molecule has 1 aliphatic heterocycles. The molecule has 0 saturated carbocycles. The van der Waals surface area contributed by atoms with E-state index >= 15 is 0 Å². The maximum absolute atomic E-state index is 5.61. The molecule has 0 aliphatic carbocycles. The Labute approximate surface area is 101 Å². The summed E-state index contributed by atoms with van der Waals surface area (Å²) in [6.45, 7) is 2.94.